The topological polar surface area (TPSA) is 31.9 Å². The fourth-order valence-corrected chi connectivity index (χ4v) is 3.39. The van der Waals surface area contributed by atoms with Crippen LogP contribution in [0.25, 0.3) is 0 Å². The molecule has 4 heteroatoms. The number of rotatable bonds is 2. The molecule has 2 aliphatic rings. The molecule has 2 heterocycles. The van der Waals surface area contributed by atoms with E-state index in [0.717, 1.165) is 23.7 Å². The van der Waals surface area contributed by atoms with Gasteiger partial charge in [0.15, 0.2) is 0 Å². The first-order chi connectivity index (χ1) is 8.83. The van der Waals surface area contributed by atoms with Gasteiger partial charge in [0.05, 0.1) is 0 Å². The fraction of sp³-hybridized carbons (Fsp3) is 0.714. The smallest absolute Gasteiger partial charge is 0.204 e. The first kappa shape index (κ1) is 12.2. The van der Waals surface area contributed by atoms with Crippen LogP contribution in [0.5, 0.6) is 0 Å². The highest BCUT2D eigenvalue weighted by Gasteiger charge is 2.20. The fourth-order valence-electron chi connectivity index (χ4n) is 3.18. The first-order valence-corrected chi connectivity index (χ1v) is 7.60. The summed E-state index contributed by atoms with van der Waals surface area (Å²) < 4.78 is 0.747. The van der Waals surface area contributed by atoms with E-state index in [-0.39, 0.29) is 0 Å². The van der Waals surface area contributed by atoms with E-state index in [1.165, 1.54) is 50.6 Å². The summed E-state index contributed by atoms with van der Waals surface area (Å²) in [5, 5.41) is 0. The van der Waals surface area contributed by atoms with Crippen LogP contribution in [-0.2, 0) is 0 Å². The number of piperidine rings is 1. The Kier molecular flexibility index (Phi) is 3.64. The van der Waals surface area contributed by atoms with Gasteiger partial charge >= 0.3 is 0 Å². The molecule has 0 aromatic carbocycles. The van der Waals surface area contributed by atoms with Crippen LogP contribution in [0, 0.1) is 4.64 Å². The predicted octanol–water partition coefficient (Wildman–Crippen LogP) is 3.79. The maximum absolute atomic E-state index is 5.33. The van der Waals surface area contributed by atoms with Crippen LogP contribution in [0.1, 0.15) is 56.6 Å². The summed E-state index contributed by atoms with van der Waals surface area (Å²) in [6.07, 6.45) is 9.20. The minimum atomic E-state index is 0.679. The normalized spacial score (nSPS) is 21.4. The van der Waals surface area contributed by atoms with Gasteiger partial charge in [-0.1, -0.05) is 25.1 Å². The number of aromatic nitrogens is 2. The minimum Gasteiger partial charge on any atom is -0.342 e. The van der Waals surface area contributed by atoms with Gasteiger partial charge < -0.3 is 9.88 Å². The van der Waals surface area contributed by atoms with Crippen LogP contribution in [0.2, 0.25) is 0 Å². The lowest BCUT2D eigenvalue weighted by Crippen LogP contribution is -2.31. The SMILES string of the molecule is S=c1cc(C2CCCC2)[nH]c(N2CCCCC2)n1. The Morgan fingerprint density at radius 3 is 2.56 bits per heavy atom. The molecule has 3 rings (SSSR count). The second kappa shape index (κ2) is 5.39. The minimum absolute atomic E-state index is 0.679. The summed E-state index contributed by atoms with van der Waals surface area (Å²) in [5.41, 5.74) is 1.31. The summed E-state index contributed by atoms with van der Waals surface area (Å²) >= 11 is 5.33. The van der Waals surface area contributed by atoms with Crippen molar-refractivity contribution in [3.63, 3.8) is 0 Å². The predicted molar refractivity (Wildman–Crippen MR) is 76.7 cm³/mol. The van der Waals surface area contributed by atoms with E-state index < -0.39 is 0 Å². The molecule has 0 atom stereocenters. The molecule has 1 N–H and O–H groups in total. The maximum atomic E-state index is 5.33. The Morgan fingerprint density at radius 2 is 1.83 bits per heavy atom. The molecule has 1 aliphatic carbocycles. The van der Waals surface area contributed by atoms with E-state index in [2.05, 4.69) is 20.9 Å². The summed E-state index contributed by atoms with van der Waals surface area (Å²) in [6, 6.07) is 2.07. The lowest BCUT2D eigenvalue weighted by atomic mass is 10.0. The summed E-state index contributed by atoms with van der Waals surface area (Å²) in [7, 11) is 0. The highest BCUT2D eigenvalue weighted by molar-refractivity contribution is 7.71. The van der Waals surface area contributed by atoms with Crippen molar-refractivity contribution in [3.8, 4) is 0 Å². The van der Waals surface area contributed by atoms with Gasteiger partial charge in [-0.25, -0.2) is 4.98 Å². The Bertz CT molecular complexity index is 456. The van der Waals surface area contributed by atoms with Crippen molar-refractivity contribution in [1.29, 1.82) is 0 Å². The number of H-pyrrole nitrogens is 1. The molecule has 0 amide bonds. The molecule has 2 fully saturated rings. The van der Waals surface area contributed by atoms with Gasteiger partial charge in [-0.05, 0) is 44.1 Å². The molecule has 1 saturated carbocycles. The van der Waals surface area contributed by atoms with Crippen LogP contribution in [-0.4, -0.2) is 23.1 Å². The third-order valence-electron chi connectivity index (χ3n) is 4.20. The van der Waals surface area contributed by atoms with E-state index in [1.54, 1.807) is 0 Å². The number of anilines is 1. The van der Waals surface area contributed by atoms with Gasteiger partial charge in [0.1, 0.15) is 4.64 Å². The lowest BCUT2D eigenvalue weighted by molar-refractivity contribution is 0.565. The van der Waals surface area contributed by atoms with Gasteiger partial charge in [-0.2, -0.15) is 0 Å². The number of aromatic amines is 1. The van der Waals surface area contributed by atoms with Gasteiger partial charge in [0, 0.05) is 18.8 Å². The Morgan fingerprint density at radius 1 is 1.11 bits per heavy atom. The van der Waals surface area contributed by atoms with Crippen molar-refractivity contribution < 1.29 is 0 Å². The quantitative estimate of drug-likeness (QED) is 0.824. The highest BCUT2D eigenvalue weighted by Crippen LogP contribution is 2.33. The van der Waals surface area contributed by atoms with E-state index in [9.17, 15) is 0 Å². The molecule has 0 unspecified atom stereocenters. The number of hydrogen-bond donors (Lipinski definition) is 1. The molecule has 1 aromatic heterocycles. The third kappa shape index (κ3) is 2.58. The van der Waals surface area contributed by atoms with Gasteiger partial charge in [-0.3, -0.25) is 0 Å². The maximum Gasteiger partial charge on any atom is 0.204 e. The Labute approximate surface area is 114 Å². The van der Waals surface area contributed by atoms with E-state index in [1.807, 2.05) is 0 Å². The van der Waals surface area contributed by atoms with Crippen molar-refractivity contribution in [2.45, 2.75) is 50.9 Å². The van der Waals surface area contributed by atoms with Gasteiger partial charge in [0.2, 0.25) is 5.95 Å². The van der Waals surface area contributed by atoms with Crippen LogP contribution >= 0.6 is 12.2 Å². The van der Waals surface area contributed by atoms with Crippen LogP contribution in [0.15, 0.2) is 6.07 Å². The molecular weight excluding hydrogens is 242 g/mol. The largest absolute Gasteiger partial charge is 0.342 e. The molecule has 18 heavy (non-hydrogen) atoms. The van der Waals surface area contributed by atoms with Crippen LogP contribution in [0.4, 0.5) is 5.95 Å². The molecule has 0 radical (unpaired) electrons. The van der Waals surface area contributed by atoms with Gasteiger partial charge in [-0.15, -0.1) is 0 Å². The van der Waals surface area contributed by atoms with Gasteiger partial charge in [0.25, 0.3) is 0 Å². The number of nitrogens with one attached hydrogen (secondary N) is 1. The monoisotopic (exact) mass is 263 g/mol. The third-order valence-corrected chi connectivity index (χ3v) is 4.41. The Hall–Kier alpha value is -0.900. The Balaban J connectivity index is 1.87. The molecule has 0 spiro atoms. The van der Waals surface area contributed by atoms with E-state index in [0.29, 0.717) is 5.92 Å². The average molecular weight is 263 g/mol. The molecule has 1 aliphatic heterocycles. The molecule has 3 nitrogen and oxygen atoms in total. The lowest BCUT2D eigenvalue weighted by Gasteiger charge is -2.28. The molecule has 1 aromatic rings. The average Bonchev–Trinajstić information content (AvgIpc) is 2.93. The zero-order valence-corrected chi connectivity index (χ0v) is 11.6. The molecule has 0 bridgehead atoms. The summed E-state index contributed by atoms with van der Waals surface area (Å²) in [5.74, 6) is 1.68. The van der Waals surface area contributed by atoms with Crippen LogP contribution < -0.4 is 4.90 Å². The zero-order valence-electron chi connectivity index (χ0n) is 10.8. The second-order valence-corrected chi connectivity index (χ2v) is 5.95. The van der Waals surface area contributed by atoms with Crippen molar-refractivity contribution in [1.82, 2.24) is 9.97 Å². The number of nitrogens with zero attached hydrogens (tertiary/aromatic N) is 2. The summed E-state index contributed by atoms with van der Waals surface area (Å²) in [6.45, 7) is 2.23. The molecule has 1 saturated heterocycles. The van der Waals surface area contributed by atoms with Crippen molar-refractivity contribution in [2.75, 3.05) is 18.0 Å². The summed E-state index contributed by atoms with van der Waals surface area (Å²) in [4.78, 5) is 10.4. The van der Waals surface area contributed by atoms with E-state index >= 15 is 0 Å². The number of hydrogen-bond acceptors (Lipinski definition) is 3. The van der Waals surface area contributed by atoms with E-state index in [4.69, 9.17) is 12.2 Å². The van der Waals surface area contributed by atoms with Crippen LogP contribution in [0.3, 0.4) is 0 Å². The van der Waals surface area contributed by atoms with Crippen molar-refractivity contribution >= 4 is 18.2 Å². The van der Waals surface area contributed by atoms with Crippen molar-refractivity contribution in [3.05, 3.63) is 16.4 Å². The first-order valence-electron chi connectivity index (χ1n) is 7.19. The molecule has 98 valence electrons. The molecular formula is C14H21N3S. The highest BCUT2D eigenvalue weighted by atomic mass is 32.1. The standard InChI is InChI=1S/C14H21N3S/c18-13-10-12(11-6-2-3-7-11)15-14(16-13)17-8-4-1-5-9-17/h10-11H,1-9H2,(H,15,16,18). The van der Waals surface area contributed by atoms with Crippen molar-refractivity contribution in [2.24, 2.45) is 0 Å². The zero-order chi connectivity index (χ0) is 12.4. The second-order valence-electron chi connectivity index (χ2n) is 5.53.